The first-order chi connectivity index (χ1) is 16.6. The fourth-order valence-electron chi connectivity index (χ4n) is 5.80. The predicted octanol–water partition coefficient (Wildman–Crippen LogP) is 5.58. The second-order valence-electron chi connectivity index (χ2n) is 9.94. The summed E-state index contributed by atoms with van der Waals surface area (Å²) in [7, 11) is 0. The summed E-state index contributed by atoms with van der Waals surface area (Å²) in [5, 5.41) is 1.23. The summed E-state index contributed by atoms with van der Waals surface area (Å²) in [4.78, 5) is 20.5. The number of likely N-dealkylation sites (tertiary alicyclic amines) is 1. The lowest BCUT2D eigenvalue weighted by atomic mass is 9.74. The Kier molecular flexibility index (Phi) is 6.91. The molecule has 2 aliphatic heterocycles. The van der Waals surface area contributed by atoms with Crippen LogP contribution in [0.5, 0.6) is 0 Å². The van der Waals surface area contributed by atoms with Gasteiger partial charge in [0.2, 0.25) is 5.91 Å². The van der Waals surface area contributed by atoms with Crippen LogP contribution in [0, 0.1) is 17.2 Å². The van der Waals surface area contributed by atoms with Gasteiger partial charge in [0, 0.05) is 37.9 Å². The molecule has 2 saturated heterocycles. The Hall–Kier alpha value is -2.79. The van der Waals surface area contributed by atoms with E-state index < -0.39 is 5.41 Å². The molecule has 5 heteroatoms. The van der Waals surface area contributed by atoms with Crippen LogP contribution in [0.15, 0.2) is 60.8 Å². The molecule has 5 rings (SSSR count). The molecule has 1 atom stereocenters. The molecule has 178 valence electrons. The number of amides is 1. The molecule has 3 heterocycles. The van der Waals surface area contributed by atoms with Crippen molar-refractivity contribution in [1.29, 1.82) is 0 Å². The summed E-state index contributed by atoms with van der Waals surface area (Å²) in [6.45, 7) is 2.68. The smallest absolute Gasteiger partial charge is 0.229 e. The van der Waals surface area contributed by atoms with E-state index in [0.29, 0.717) is 44.0 Å². The number of ether oxygens (including phenoxy) is 1. The van der Waals surface area contributed by atoms with Gasteiger partial charge in [-0.3, -0.25) is 9.78 Å². The lowest BCUT2D eigenvalue weighted by molar-refractivity contribution is -0.148. The molecule has 34 heavy (non-hydrogen) atoms. The maximum atomic E-state index is 14.5. The highest BCUT2D eigenvalue weighted by atomic mass is 19.1. The summed E-state index contributed by atoms with van der Waals surface area (Å²) in [5.41, 5.74) is 2.45. The molecule has 0 saturated carbocycles. The quantitative estimate of drug-likeness (QED) is 0.499. The lowest BCUT2D eigenvalue weighted by Crippen LogP contribution is -2.48. The molecule has 0 bridgehead atoms. The molecule has 4 nitrogen and oxygen atoms in total. The van der Waals surface area contributed by atoms with Crippen LogP contribution in [-0.4, -0.2) is 42.1 Å². The number of rotatable bonds is 5. The molecule has 2 aromatic carbocycles. The molecule has 0 radical (unpaired) electrons. The van der Waals surface area contributed by atoms with Crippen molar-refractivity contribution in [3.8, 4) is 0 Å². The Bertz CT molecular complexity index is 1140. The van der Waals surface area contributed by atoms with Gasteiger partial charge in [0.1, 0.15) is 5.82 Å². The SMILES string of the molecule is O=C(N1CCC[C@@H](Cc2cccc3ncccc23)CC1)C1(Cc2ccccc2F)CCOCC1. The maximum Gasteiger partial charge on any atom is 0.229 e. The number of hydrogen-bond acceptors (Lipinski definition) is 3. The van der Waals surface area contributed by atoms with Crippen LogP contribution in [0.3, 0.4) is 0 Å². The number of benzene rings is 2. The first kappa shape index (κ1) is 23.0. The van der Waals surface area contributed by atoms with Crippen molar-refractivity contribution in [1.82, 2.24) is 9.88 Å². The summed E-state index contributed by atoms with van der Waals surface area (Å²) in [5.74, 6) is 0.511. The standard InChI is InChI=1S/C29H33FN2O2/c30-26-10-2-1-7-24(26)21-29(13-18-34-19-14-29)28(33)32-16-5-6-22(12-17-32)20-23-8-3-11-27-25(23)9-4-15-31-27/h1-4,7-11,15,22H,5-6,12-14,16-21H2/t22-/m1/s1. The normalized spacial score (nSPS) is 20.7. The van der Waals surface area contributed by atoms with E-state index in [9.17, 15) is 9.18 Å². The van der Waals surface area contributed by atoms with Crippen molar-refractivity contribution in [2.75, 3.05) is 26.3 Å². The lowest BCUT2D eigenvalue weighted by Gasteiger charge is -2.40. The van der Waals surface area contributed by atoms with Crippen molar-refractivity contribution < 1.29 is 13.9 Å². The van der Waals surface area contributed by atoms with Crippen molar-refractivity contribution >= 4 is 16.8 Å². The zero-order chi connectivity index (χ0) is 23.4. The predicted molar refractivity (Wildman–Crippen MR) is 132 cm³/mol. The maximum absolute atomic E-state index is 14.5. The summed E-state index contributed by atoms with van der Waals surface area (Å²) < 4.78 is 20.1. The molecule has 0 aliphatic carbocycles. The van der Waals surface area contributed by atoms with Crippen LogP contribution in [-0.2, 0) is 22.4 Å². The van der Waals surface area contributed by atoms with Crippen molar-refractivity contribution in [3.63, 3.8) is 0 Å². The molecular weight excluding hydrogens is 427 g/mol. The minimum atomic E-state index is -0.568. The van der Waals surface area contributed by atoms with Crippen molar-refractivity contribution in [3.05, 3.63) is 77.7 Å². The largest absolute Gasteiger partial charge is 0.381 e. The molecule has 1 amide bonds. The van der Waals surface area contributed by atoms with E-state index >= 15 is 0 Å². The van der Waals surface area contributed by atoms with Crippen LogP contribution < -0.4 is 0 Å². The monoisotopic (exact) mass is 460 g/mol. The zero-order valence-corrected chi connectivity index (χ0v) is 19.7. The molecule has 1 aromatic heterocycles. The van der Waals surface area contributed by atoms with Crippen LogP contribution in [0.25, 0.3) is 10.9 Å². The van der Waals surface area contributed by atoms with Gasteiger partial charge < -0.3 is 9.64 Å². The second-order valence-corrected chi connectivity index (χ2v) is 9.94. The van der Waals surface area contributed by atoms with Crippen molar-refractivity contribution in [2.24, 2.45) is 11.3 Å². The van der Waals surface area contributed by atoms with E-state index in [1.807, 2.05) is 24.4 Å². The highest BCUT2D eigenvalue weighted by Gasteiger charge is 2.43. The van der Waals surface area contributed by atoms with Gasteiger partial charge >= 0.3 is 0 Å². The van der Waals surface area contributed by atoms with E-state index in [0.717, 1.165) is 44.3 Å². The molecule has 0 spiro atoms. The first-order valence-electron chi connectivity index (χ1n) is 12.6. The summed E-state index contributed by atoms with van der Waals surface area (Å²) >= 11 is 0. The van der Waals surface area contributed by atoms with E-state index in [-0.39, 0.29) is 11.7 Å². The number of carbonyl (C=O) groups is 1. The Balaban J connectivity index is 1.30. The Morgan fingerprint density at radius 1 is 1.00 bits per heavy atom. The minimum absolute atomic E-state index is 0.189. The van der Waals surface area contributed by atoms with Crippen LogP contribution in [0.1, 0.15) is 43.2 Å². The van der Waals surface area contributed by atoms with Gasteiger partial charge in [0.15, 0.2) is 0 Å². The molecule has 2 aliphatic rings. The van der Waals surface area contributed by atoms with Gasteiger partial charge in [0.25, 0.3) is 0 Å². The summed E-state index contributed by atoms with van der Waals surface area (Å²) in [6, 6.07) is 17.4. The number of halogens is 1. The van der Waals surface area contributed by atoms with Crippen LogP contribution in [0.2, 0.25) is 0 Å². The zero-order valence-electron chi connectivity index (χ0n) is 19.7. The van der Waals surface area contributed by atoms with Crippen LogP contribution >= 0.6 is 0 Å². The molecule has 2 fully saturated rings. The third-order valence-corrected chi connectivity index (χ3v) is 7.77. The highest BCUT2D eigenvalue weighted by Crippen LogP contribution is 2.38. The molecule has 0 N–H and O–H groups in total. The number of fused-ring (bicyclic) bond motifs is 1. The molecule has 3 aromatic rings. The average Bonchev–Trinajstić information content (AvgIpc) is 3.11. The first-order valence-corrected chi connectivity index (χ1v) is 12.6. The van der Waals surface area contributed by atoms with E-state index in [2.05, 4.69) is 34.1 Å². The van der Waals surface area contributed by atoms with E-state index in [1.165, 1.54) is 17.0 Å². The Labute approximate surface area is 201 Å². The number of pyridine rings is 1. The van der Waals surface area contributed by atoms with E-state index in [1.54, 1.807) is 6.07 Å². The van der Waals surface area contributed by atoms with Crippen LogP contribution in [0.4, 0.5) is 4.39 Å². The van der Waals surface area contributed by atoms with E-state index in [4.69, 9.17) is 4.74 Å². The minimum Gasteiger partial charge on any atom is -0.381 e. The topological polar surface area (TPSA) is 42.4 Å². The fourth-order valence-corrected chi connectivity index (χ4v) is 5.80. The fraction of sp³-hybridized carbons (Fsp3) is 0.448. The van der Waals surface area contributed by atoms with Gasteiger partial charge in [-0.2, -0.15) is 0 Å². The Morgan fingerprint density at radius 3 is 2.68 bits per heavy atom. The van der Waals surface area contributed by atoms with Gasteiger partial charge in [-0.15, -0.1) is 0 Å². The second kappa shape index (κ2) is 10.2. The average molecular weight is 461 g/mol. The molecule has 0 unspecified atom stereocenters. The van der Waals surface area contributed by atoms with Gasteiger partial charge in [0.05, 0.1) is 10.9 Å². The molecular formula is C29H33FN2O2. The summed E-state index contributed by atoms with van der Waals surface area (Å²) in [6.07, 6.45) is 7.73. The van der Waals surface area contributed by atoms with Crippen molar-refractivity contribution in [2.45, 2.75) is 44.9 Å². The van der Waals surface area contributed by atoms with Gasteiger partial charge in [-0.1, -0.05) is 36.4 Å². The highest BCUT2D eigenvalue weighted by molar-refractivity contribution is 5.83. The number of carbonyl (C=O) groups excluding carboxylic acids is 1. The number of aromatic nitrogens is 1. The third kappa shape index (κ3) is 4.85. The van der Waals surface area contributed by atoms with Gasteiger partial charge in [-0.25, -0.2) is 4.39 Å². The number of hydrogen-bond donors (Lipinski definition) is 0. The number of nitrogens with zero attached hydrogens (tertiary/aromatic N) is 2. The third-order valence-electron chi connectivity index (χ3n) is 7.77. The van der Waals surface area contributed by atoms with Gasteiger partial charge in [-0.05, 0) is 80.2 Å². The Morgan fingerprint density at radius 2 is 1.82 bits per heavy atom.